The van der Waals surface area contributed by atoms with E-state index in [9.17, 15) is 12.8 Å². The van der Waals surface area contributed by atoms with Crippen LogP contribution < -0.4 is 0 Å². The predicted molar refractivity (Wildman–Crippen MR) is 89.9 cm³/mol. The van der Waals surface area contributed by atoms with Gasteiger partial charge in [0.2, 0.25) is 0 Å². The largest absolute Gasteiger partial charge is 0.360 e. The van der Waals surface area contributed by atoms with Gasteiger partial charge in [-0.2, -0.15) is 0 Å². The van der Waals surface area contributed by atoms with Crippen molar-refractivity contribution in [3.63, 3.8) is 0 Å². The molecule has 6 heteroatoms. The molecule has 0 unspecified atom stereocenters. The van der Waals surface area contributed by atoms with E-state index >= 15 is 0 Å². The maximum Gasteiger partial charge on any atom is 0.178 e. The predicted octanol–water partition coefficient (Wildman–Crippen LogP) is 4.17. The molecule has 1 aromatic heterocycles. The van der Waals surface area contributed by atoms with Crippen LogP contribution in [0.1, 0.15) is 11.3 Å². The Hall–Kier alpha value is -2.47. The molecule has 4 nitrogen and oxygen atoms in total. The van der Waals surface area contributed by atoms with Crippen molar-refractivity contribution < 1.29 is 17.3 Å². The number of hydrogen-bond donors (Lipinski definition) is 0. The lowest BCUT2D eigenvalue weighted by Gasteiger charge is -2.06. The number of aryl methyl sites for hydroxylation is 2. The van der Waals surface area contributed by atoms with Gasteiger partial charge in [0.05, 0.1) is 5.56 Å². The molecule has 1 heterocycles. The zero-order valence-corrected chi connectivity index (χ0v) is 14.3. The number of benzene rings is 2. The molecule has 0 aliphatic carbocycles. The van der Waals surface area contributed by atoms with E-state index in [1.54, 1.807) is 13.0 Å². The van der Waals surface area contributed by atoms with Gasteiger partial charge in [0.15, 0.2) is 9.84 Å². The number of hydrogen-bond acceptors (Lipinski definition) is 4. The Balaban J connectivity index is 2.16. The van der Waals surface area contributed by atoms with Crippen LogP contribution in [0.5, 0.6) is 0 Å². The Morgan fingerprint density at radius 3 is 2.21 bits per heavy atom. The highest BCUT2D eigenvalue weighted by atomic mass is 32.2. The average Bonchev–Trinajstić information content (AvgIpc) is 2.88. The molecule has 0 amide bonds. The van der Waals surface area contributed by atoms with Crippen LogP contribution in [0, 0.1) is 19.7 Å². The molecule has 0 saturated carbocycles. The highest BCUT2D eigenvalue weighted by Gasteiger charge is 2.20. The summed E-state index contributed by atoms with van der Waals surface area (Å²) >= 11 is 0. The van der Waals surface area contributed by atoms with Gasteiger partial charge in [-0.15, -0.1) is 0 Å². The van der Waals surface area contributed by atoms with Crippen LogP contribution >= 0.6 is 0 Å². The van der Waals surface area contributed by atoms with Gasteiger partial charge in [-0.25, -0.2) is 12.8 Å². The van der Waals surface area contributed by atoms with Crippen LogP contribution in [-0.2, 0) is 9.84 Å². The van der Waals surface area contributed by atoms with Gasteiger partial charge in [0, 0.05) is 11.8 Å². The minimum Gasteiger partial charge on any atom is -0.360 e. The monoisotopic (exact) mass is 345 g/mol. The summed E-state index contributed by atoms with van der Waals surface area (Å²) in [6.07, 6.45) is 0.980. The summed E-state index contributed by atoms with van der Waals surface area (Å²) in [4.78, 5) is -0.322. The summed E-state index contributed by atoms with van der Waals surface area (Å²) in [6.45, 7) is 3.72. The van der Waals surface area contributed by atoms with Crippen molar-refractivity contribution in [2.75, 3.05) is 6.26 Å². The molecule has 0 aliphatic heterocycles. The topological polar surface area (TPSA) is 60.2 Å². The average molecular weight is 345 g/mol. The van der Waals surface area contributed by atoms with Crippen LogP contribution in [-0.4, -0.2) is 19.8 Å². The summed E-state index contributed by atoms with van der Waals surface area (Å²) in [5.74, 6) is -0.248. The van der Waals surface area contributed by atoms with Crippen molar-refractivity contribution in [3.8, 4) is 22.4 Å². The van der Waals surface area contributed by atoms with Crippen molar-refractivity contribution >= 4 is 9.84 Å². The molecule has 0 bridgehead atoms. The van der Waals surface area contributed by atoms with Gasteiger partial charge in [0.1, 0.15) is 22.2 Å². The van der Waals surface area contributed by atoms with E-state index < -0.39 is 15.7 Å². The molecule has 0 fully saturated rings. The Labute approximate surface area is 139 Å². The van der Waals surface area contributed by atoms with Crippen molar-refractivity contribution in [3.05, 3.63) is 59.6 Å². The molecule has 0 aliphatic rings. The third kappa shape index (κ3) is 2.97. The first-order valence-electron chi connectivity index (χ1n) is 7.30. The van der Waals surface area contributed by atoms with Crippen LogP contribution in [0.2, 0.25) is 0 Å². The molecule has 0 N–H and O–H groups in total. The van der Waals surface area contributed by atoms with Crippen LogP contribution in [0.15, 0.2) is 51.9 Å². The Kier molecular flexibility index (Phi) is 4.01. The van der Waals surface area contributed by atoms with Gasteiger partial charge < -0.3 is 4.52 Å². The summed E-state index contributed by atoms with van der Waals surface area (Å²) in [7, 11) is -3.61. The molecule has 0 radical (unpaired) electrons. The lowest BCUT2D eigenvalue weighted by atomic mass is 9.99. The van der Waals surface area contributed by atoms with Gasteiger partial charge in [-0.05, 0) is 31.5 Å². The van der Waals surface area contributed by atoms with E-state index in [1.165, 1.54) is 12.1 Å². The maximum atomic E-state index is 14.2. The third-order valence-corrected chi connectivity index (χ3v) is 4.94. The molecule has 3 rings (SSSR count). The fourth-order valence-electron chi connectivity index (χ4n) is 2.58. The van der Waals surface area contributed by atoms with Crippen molar-refractivity contribution in [1.29, 1.82) is 0 Å². The van der Waals surface area contributed by atoms with Crippen LogP contribution in [0.4, 0.5) is 4.39 Å². The Morgan fingerprint density at radius 1 is 1.00 bits per heavy atom. The smallest absolute Gasteiger partial charge is 0.178 e. The minimum atomic E-state index is -3.61. The molecular formula is C18H16FNO3S. The number of halogens is 1. The summed E-state index contributed by atoms with van der Waals surface area (Å²) in [5, 5.41) is 4.08. The molecular weight excluding hydrogens is 329 g/mol. The summed E-state index contributed by atoms with van der Waals surface area (Å²) < 4.78 is 42.6. The zero-order valence-electron chi connectivity index (χ0n) is 13.5. The van der Waals surface area contributed by atoms with E-state index in [0.717, 1.165) is 17.4 Å². The second-order valence-corrected chi connectivity index (χ2v) is 7.73. The van der Waals surface area contributed by atoms with E-state index in [1.807, 2.05) is 31.2 Å². The number of nitrogens with zero attached hydrogens (tertiary/aromatic N) is 1. The molecule has 0 spiro atoms. The van der Waals surface area contributed by atoms with E-state index in [-0.39, 0.29) is 4.90 Å². The molecule has 2 aromatic carbocycles. The number of rotatable bonds is 3. The lowest BCUT2D eigenvalue weighted by molar-refractivity contribution is 0.400. The number of sulfone groups is 1. The third-order valence-electron chi connectivity index (χ3n) is 3.81. The minimum absolute atomic E-state index is 0.322. The first-order valence-corrected chi connectivity index (χ1v) is 9.20. The zero-order chi connectivity index (χ0) is 17.5. The van der Waals surface area contributed by atoms with Gasteiger partial charge in [-0.1, -0.05) is 41.1 Å². The first-order chi connectivity index (χ1) is 11.3. The molecule has 0 atom stereocenters. The van der Waals surface area contributed by atoms with Gasteiger partial charge >= 0.3 is 0 Å². The highest BCUT2D eigenvalue weighted by molar-refractivity contribution is 7.90. The van der Waals surface area contributed by atoms with Gasteiger partial charge in [0.25, 0.3) is 0 Å². The Bertz CT molecular complexity index is 1010. The van der Waals surface area contributed by atoms with Crippen LogP contribution in [0.3, 0.4) is 0 Å². The highest BCUT2D eigenvalue weighted by Crippen LogP contribution is 2.35. The SMILES string of the molecule is Cc1ccc(-c2noc(C)c2-c2ccc(S(C)(=O)=O)c(F)c2)cc1. The Morgan fingerprint density at radius 2 is 1.62 bits per heavy atom. The van der Waals surface area contributed by atoms with E-state index in [2.05, 4.69) is 5.16 Å². The summed E-state index contributed by atoms with van der Waals surface area (Å²) in [5.41, 5.74) is 3.73. The second kappa shape index (κ2) is 5.87. The molecule has 0 saturated heterocycles. The van der Waals surface area contributed by atoms with Gasteiger partial charge in [-0.3, -0.25) is 0 Å². The fraction of sp³-hybridized carbons (Fsp3) is 0.167. The summed E-state index contributed by atoms with van der Waals surface area (Å²) in [6, 6.07) is 11.8. The second-order valence-electron chi connectivity index (χ2n) is 5.75. The van der Waals surface area contributed by atoms with Crippen molar-refractivity contribution in [2.24, 2.45) is 0 Å². The van der Waals surface area contributed by atoms with Crippen LogP contribution in [0.25, 0.3) is 22.4 Å². The lowest BCUT2D eigenvalue weighted by Crippen LogP contribution is -2.00. The maximum absolute atomic E-state index is 14.2. The molecule has 24 heavy (non-hydrogen) atoms. The quantitative estimate of drug-likeness (QED) is 0.715. The normalized spacial score (nSPS) is 11.7. The van der Waals surface area contributed by atoms with E-state index in [4.69, 9.17) is 4.52 Å². The first kappa shape index (κ1) is 16.4. The standard InChI is InChI=1S/C18H16FNO3S/c1-11-4-6-13(7-5-11)18-17(12(2)23-20-18)14-8-9-16(15(19)10-14)24(3,21)22/h4-10H,1-3H3. The fourth-order valence-corrected chi connectivity index (χ4v) is 3.31. The number of aromatic nitrogens is 1. The van der Waals surface area contributed by atoms with E-state index in [0.29, 0.717) is 22.6 Å². The molecule has 3 aromatic rings. The molecule has 124 valence electrons. The van der Waals surface area contributed by atoms with Crippen molar-refractivity contribution in [1.82, 2.24) is 5.16 Å². The van der Waals surface area contributed by atoms with Crippen molar-refractivity contribution in [2.45, 2.75) is 18.7 Å².